The van der Waals surface area contributed by atoms with Crippen molar-refractivity contribution in [3.8, 4) is 17.0 Å². The topological polar surface area (TPSA) is 138 Å². The Hall–Kier alpha value is -4.25. The Morgan fingerprint density at radius 3 is 2.74 bits per heavy atom. The van der Waals surface area contributed by atoms with Crippen LogP contribution >= 0.6 is 11.6 Å². The lowest BCUT2D eigenvalue weighted by molar-refractivity contribution is 0.0461. The lowest BCUT2D eigenvalue weighted by Gasteiger charge is -2.11. The molecule has 4 rings (SSSR count). The third-order valence-corrected chi connectivity index (χ3v) is 4.97. The van der Waals surface area contributed by atoms with Gasteiger partial charge in [0.2, 0.25) is 11.9 Å². The molecule has 0 atom stereocenters. The van der Waals surface area contributed by atoms with Crippen molar-refractivity contribution in [1.82, 2.24) is 20.1 Å². The lowest BCUT2D eigenvalue weighted by Crippen LogP contribution is -2.12. The number of halogens is 2. The van der Waals surface area contributed by atoms with Gasteiger partial charge in [-0.15, -0.1) is 0 Å². The average Bonchev–Trinajstić information content (AvgIpc) is 3.18. The van der Waals surface area contributed by atoms with Crippen molar-refractivity contribution in [2.75, 3.05) is 18.2 Å². The number of carbonyl (C=O) groups is 1. The van der Waals surface area contributed by atoms with E-state index in [2.05, 4.69) is 25.4 Å². The maximum Gasteiger partial charge on any atom is 0.344 e. The molecule has 2 aromatic heterocycles. The molecular weight excluding hydrogens is 467 g/mol. The summed E-state index contributed by atoms with van der Waals surface area (Å²) in [4.78, 5) is 25.1. The molecule has 34 heavy (non-hydrogen) atoms. The van der Waals surface area contributed by atoms with Gasteiger partial charge in [-0.2, -0.15) is 15.0 Å². The molecule has 0 saturated heterocycles. The normalized spacial score (nSPS) is 10.7. The van der Waals surface area contributed by atoms with Gasteiger partial charge in [0.1, 0.15) is 28.6 Å². The number of nitrogens with one attached hydrogen (secondary N) is 1. The maximum absolute atomic E-state index is 14.4. The fourth-order valence-corrected chi connectivity index (χ4v) is 3.39. The molecule has 3 N–H and O–H groups in total. The zero-order valence-corrected chi connectivity index (χ0v) is 18.8. The molecule has 0 fully saturated rings. The van der Waals surface area contributed by atoms with E-state index < -0.39 is 11.8 Å². The number of hydrogen-bond acceptors (Lipinski definition) is 10. The summed E-state index contributed by atoms with van der Waals surface area (Å²) in [5.74, 6) is -0.664. The number of rotatable bonds is 7. The summed E-state index contributed by atoms with van der Waals surface area (Å²) in [5, 5.41) is 6.84. The van der Waals surface area contributed by atoms with Crippen LogP contribution in [0.25, 0.3) is 11.3 Å². The van der Waals surface area contributed by atoms with E-state index in [1.807, 2.05) is 6.07 Å². The first kappa shape index (κ1) is 22.9. The minimum Gasteiger partial charge on any atom is -0.495 e. The minimum atomic E-state index is -0.828. The van der Waals surface area contributed by atoms with E-state index in [-0.39, 0.29) is 51.9 Å². The number of methoxy groups -OCH3 is 1. The Bertz CT molecular complexity index is 1340. The number of nitrogen functional groups attached to an aromatic ring is 1. The molecule has 10 nitrogen and oxygen atoms in total. The first-order chi connectivity index (χ1) is 16.4. The standard InChI is InChI=1S/C22H18ClFN6O4/c1-11-17(19(30-34-11)18-12(23)6-5-7-13(18)24)20(31)33-10-16-27-21(25)29-22(28-16)26-14-8-3-4-9-15(14)32-2/h3-9H,10H2,1-2H3,(H3,25,26,27,28,29). The van der Waals surface area contributed by atoms with E-state index in [9.17, 15) is 9.18 Å². The number of aryl methyl sites for hydroxylation is 1. The van der Waals surface area contributed by atoms with Crippen molar-refractivity contribution in [2.45, 2.75) is 13.5 Å². The first-order valence-electron chi connectivity index (χ1n) is 9.85. The Labute approximate surface area is 197 Å². The molecule has 0 saturated carbocycles. The predicted molar refractivity (Wildman–Crippen MR) is 121 cm³/mol. The highest BCUT2D eigenvalue weighted by Gasteiger charge is 2.27. The van der Waals surface area contributed by atoms with Crippen LogP contribution in [0, 0.1) is 12.7 Å². The van der Waals surface area contributed by atoms with Crippen molar-refractivity contribution in [2.24, 2.45) is 0 Å². The van der Waals surface area contributed by atoms with Crippen molar-refractivity contribution in [3.63, 3.8) is 0 Å². The van der Waals surface area contributed by atoms with Gasteiger partial charge in [0.25, 0.3) is 0 Å². The van der Waals surface area contributed by atoms with E-state index in [4.69, 9.17) is 31.3 Å². The summed E-state index contributed by atoms with van der Waals surface area (Å²) in [6, 6.07) is 11.3. The van der Waals surface area contributed by atoms with Gasteiger partial charge in [-0.25, -0.2) is 9.18 Å². The highest BCUT2D eigenvalue weighted by Crippen LogP contribution is 2.34. The van der Waals surface area contributed by atoms with Crippen molar-refractivity contribution in [3.05, 3.63) is 70.5 Å². The SMILES string of the molecule is COc1ccccc1Nc1nc(N)nc(COC(=O)c2c(-c3c(F)cccc3Cl)noc2C)n1. The van der Waals surface area contributed by atoms with Gasteiger partial charge in [-0.1, -0.05) is 35.0 Å². The summed E-state index contributed by atoms with van der Waals surface area (Å²) in [6.07, 6.45) is 0. The molecule has 0 aliphatic heterocycles. The highest BCUT2D eigenvalue weighted by molar-refractivity contribution is 6.33. The van der Waals surface area contributed by atoms with E-state index in [0.29, 0.717) is 11.4 Å². The quantitative estimate of drug-likeness (QED) is 0.364. The smallest absolute Gasteiger partial charge is 0.344 e. The second-order valence-electron chi connectivity index (χ2n) is 6.89. The van der Waals surface area contributed by atoms with Crippen LogP contribution in [0.2, 0.25) is 5.02 Å². The third-order valence-electron chi connectivity index (χ3n) is 4.65. The number of hydrogen-bond donors (Lipinski definition) is 2. The largest absolute Gasteiger partial charge is 0.495 e. The second kappa shape index (κ2) is 9.71. The number of anilines is 3. The van der Waals surface area contributed by atoms with Crippen LogP contribution in [-0.4, -0.2) is 33.2 Å². The van der Waals surface area contributed by atoms with Gasteiger partial charge in [0, 0.05) is 0 Å². The van der Waals surface area contributed by atoms with Crippen LogP contribution in [-0.2, 0) is 11.3 Å². The molecule has 2 aromatic carbocycles. The van der Waals surface area contributed by atoms with Gasteiger partial charge in [-0.05, 0) is 31.2 Å². The number of nitrogens with two attached hydrogens (primary N) is 1. The van der Waals surface area contributed by atoms with Gasteiger partial charge in [0.15, 0.2) is 12.4 Å². The van der Waals surface area contributed by atoms with Crippen LogP contribution in [0.4, 0.5) is 22.0 Å². The zero-order valence-electron chi connectivity index (χ0n) is 18.0. The number of benzene rings is 2. The Morgan fingerprint density at radius 1 is 1.18 bits per heavy atom. The highest BCUT2D eigenvalue weighted by atomic mass is 35.5. The van der Waals surface area contributed by atoms with Gasteiger partial charge in [0.05, 0.1) is 23.4 Å². The molecule has 174 valence electrons. The molecule has 0 aliphatic rings. The summed E-state index contributed by atoms with van der Waals surface area (Å²) in [5.41, 5.74) is 6.18. The van der Waals surface area contributed by atoms with Crippen LogP contribution < -0.4 is 15.8 Å². The number of para-hydroxylation sites is 2. The number of nitrogens with zero attached hydrogens (tertiary/aromatic N) is 4. The predicted octanol–water partition coefficient (Wildman–Crippen LogP) is 4.32. The molecule has 4 aromatic rings. The van der Waals surface area contributed by atoms with Gasteiger partial charge in [-0.3, -0.25) is 0 Å². The molecule has 0 radical (unpaired) electrons. The van der Waals surface area contributed by atoms with Gasteiger partial charge < -0.3 is 25.0 Å². The Balaban J connectivity index is 1.55. The molecule has 0 bridgehead atoms. The monoisotopic (exact) mass is 484 g/mol. The number of esters is 1. The average molecular weight is 485 g/mol. The summed E-state index contributed by atoms with van der Waals surface area (Å²) >= 11 is 6.12. The zero-order chi connectivity index (χ0) is 24.2. The lowest BCUT2D eigenvalue weighted by atomic mass is 10.1. The first-order valence-corrected chi connectivity index (χ1v) is 10.2. The number of aromatic nitrogens is 4. The summed E-state index contributed by atoms with van der Waals surface area (Å²) in [6.45, 7) is 1.15. The Morgan fingerprint density at radius 2 is 1.97 bits per heavy atom. The third kappa shape index (κ3) is 4.74. The van der Waals surface area contributed by atoms with Crippen LogP contribution in [0.1, 0.15) is 21.9 Å². The molecule has 0 amide bonds. The Kier molecular flexibility index (Phi) is 6.55. The van der Waals surface area contributed by atoms with Gasteiger partial charge >= 0.3 is 5.97 Å². The molecule has 12 heteroatoms. The van der Waals surface area contributed by atoms with E-state index in [1.54, 1.807) is 18.2 Å². The second-order valence-corrected chi connectivity index (χ2v) is 7.30. The molecule has 0 spiro atoms. The summed E-state index contributed by atoms with van der Waals surface area (Å²) < 4.78 is 30.1. The minimum absolute atomic E-state index is 0.0681. The molecular formula is C22H18ClFN6O4. The molecule has 2 heterocycles. The fourth-order valence-electron chi connectivity index (χ4n) is 3.14. The molecule has 0 unspecified atom stereocenters. The van der Waals surface area contributed by atoms with E-state index >= 15 is 0 Å². The van der Waals surface area contributed by atoms with Crippen LogP contribution in [0.5, 0.6) is 5.75 Å². The number of ether oxygens (including phenoxy) is 2. The van der Waals surface area contributed by atoms with Crippen LogP contribution in [0.15, 0.2) is 47.0 Å². The van der Waals surface area contributed by atoms with Crippen molar-refractivity contribution < 1.29 is 23.2 Å². The maximum atomic E-state index is 14.4. The van der Waals surface area contributed by atoms with Crippen molar-refractivity contribution in [1.29, 1.82) is 0 Å². The molecule has 0 aliphatic carbocycles. The fraction of sp³-hybridized carbons (Fsp3) is 0.136. The van der Waals surface area contributed by atoms with Crippen LogP contribution in [0.3, 0.4) is 0 Å². The van der Waals surface area contributed by atoms with E-state index in [1.165, 1.54) is 32.2 Å². The number of carbonyl (C=O) groups excluding carboxylic acids is 1. The summed E-state index contributed by atoms with van der Waals surface area (Å²) in [7, 11) is 1.53. The van der Waals surface area contributed by atoms with E-state index in [0.717, 1.165) is 0 Å². The van der Waals surface area contributed by atoms with Crippen molar-refractivity contribution >= 4 is 35.2 Å².